The molecule has 0 amide bonds. The lowest BCUT2D eigenvalue weighted by Crippen LogP contribution is -2.27. The molecule has 0 radical (unpaired) electrons. The summed E-state index contributed by atoms with van der Waals surface area (Å²) in [5.74, 6) is 0.208. The number of carbonyl (C=O) groups excluding carboxylic acids is 1. The predicted molar refractivity (Wildman–Crippen MR) is 62.0 cm³/mol. The molecule has 1 aliphatic heterocycles. The normalized spacial score (nSPS) is 26.7. The van der Waals surface area contributed by atoms with Gasteiger partial charge in [0.15, 0.2) is 6.10 Å². The fourth-order valence-corrected chi connectivity index (χ4v) is 1.95. The van der Waals surface area contributed by atoms with Crippen LogP contribution in [-0.4, -0.2) is 31.3 Å². The van der Waals surface area contributed by atoms with Gasteiger partial charge in [-0.05, 0) is 25.2 Å². The summed E-state index contributed by atoms with van der Waals surface area (Å²) in [6.07, 6.45) is 3.45. The van der Waals surface area contributed by atoms with Crippen molar-refractivity contribution in [3.63, 3.8) is 0 Å². The van der Waals surface area contributed by atoms with Crippen molar-refractivity contribution in [1.82, 2.24) is 0 Å². The average molecular weight is 229 g/mol. The van der Waals surface area contributed by atoms with Crippen LogP contribution in [0.5, 0.6) is 0 Å². The van der Waals surface area contributed by atoms with E-state index in [1.165, 1.54) is 0 Å². The highest BCUT2D eigenvalue weighted by atomic mass is 16.6. The minimum absolute atomic E-state index is 0.0330. The molecule has 0 aromatic heterocycles. The van der Waals surface area contributed by atoms with Crippen molar-refractivity contribution in [3.8, 4) is 0 Å². The Balaban J connectivity index is 2.20. The lowest BCUT2D eigenvalue weighted by molar-refractivity contribution is -0.157. The van der Waals surface area contributed by atoms with Gasteiger partial charge in [-0.3, -0.25) is 0 Å². The lowest BCUT2D eigenvalue weighted by atomic mass is 10.1. The topological polar surface area (TPSA) is 61.5 Å². The monoisotopic (exact) mass is 229 g/mol. The van der Waals surface area contributed by atoms with Crippen LogP contribution in [-0.2, 0) is 14.3 Å². The van der Waals surface area contributed by atoms with Crippen molar-refractivity contribution in [2.24, 2.45) is 11.7 Å². The zero-order valence-electron chi connectivity index (χ0n) is 10.3. The molecule has 0 bridgehead atoms. The van der Waals surface area contributed by atoms with Gasteiger partial charge in [0.05, 0.1) is 12.7 Å². The van der Waals surface area contributed by atoms with E-state index in [9.17, 15) is 4.79 Å². The van der Waals surface area contributed by atoms with Gasteiger partial charge < -0.3 is 15.2 Å². The molecule has 94 valence electrons. The average Bonchev–Trinajstić information content (AvgIpc) is 2.75. The molecule has 16 heavy (non-hydrogen) atoms. The Kier molecular flexibility index (Phi) is 5.77. The molecule has 1 aliphatic rings. The molecular weight excluding hydrogens is 206 g/mol. The zero-order valence-corrected chi connectivity index (χ0v) is 10.3. The third-order valence-corrected chi connectivity index (χ3v) is 2.92. The van der Waals surface area contributed by atoms with E-state index in [2.05, 4.69) is 13.8 Å². The van der Waals surface area contributed by atoms with Crippen molar-refractivity contribution in [1.29, 1.82) is 0 Å². The summed E-state index contributed by atoms with van der Waals surface area (Å²) in [5.41, 5.74) is 5.48. The SMILES string of the molecule is CCCC(C)COC(=O)C1CCC(CN)O1. The van der Waals surface area contributed by atoms with E-state index in [0.29, 0.717) is 19.1 Å². The van der Waals surface area contributed by atoms with Crippen LogP contribution in [0.2, 0.25) is 0 Å². The Bertz CT molecular complexity index is 220. The summed E-state index contributed by atoms with van der Waals surface area (Å²) >= 11 is 0. The highest BCUT2D eigenvalue weighted by molar-refractivity contribution is 5.75. The molecular formula is C12H23NO3. The number of ether oxygens (including phenoxy) is 2. The van der Waals surface area contributed by atoms with Crippen LogP contribution in [0.4, 0.5) is 0 Å². The van der Waals surface area contributed by atoms with Crippen molar-refractivity contribution in [2.45, 2.75) is 51.7 Å². The Hall–Kier alpha value is -0.610. The van der Waals surface area contributed by atoms with Gasteiger partial charge in [0.2, 0.25) is 0 Å². The van der Waals surface area contributed by atoms with Crippen molar-refractivity contribution >= 4 is 5.97 Å². The highest BCUT2D eigenvalue weighted by Gasteiger charge is 2.31. The molecule has 0 aromatic rings. The van der Waals surface area contributed by atoms with Gasteiger partial charge in [-0.1, -0.05) is 20.3 Å². The van der Waals surface area contributed by atoms with E-state index in [1.54, 1.807) is 0 Å². The zero-order chi connectivity index (χ0) is 12.0. The summed E-state index contributed by atoms with van der Waals surface area (Å²) in [4.78, 5) is 11.6. The molecule has 1 rings (SSSR count). The smallest absolute Gasteiger partial charge is 0.335 e. The number of hydrogen-bond donors (Lipinski definition) is 1. The van der Waals surface area contributed by atoms with E-state index in [4.69, 9.17) is 15.2 Å². The minimum Gasteiger partial charge on any atom is -0.463 e. The first-order chi connectivity index (χ1) is 7.67. The van der Waals surface area contributed by atoms with Gasteiger partial charge in [0, 0.05) is 6.54 Å². The van der Waals surface area contributed by atoms with Gasteiger partial charge in [-0.25, -0.2) is 4.79 Å². The summed E-state index contributed by atoms with van der Waals surface area (Å²) in [6, 6.07) is 0. The van der Waals surface area contributed by atoms with E-state index in [1.807, 2.05) is 0 Å². The fourth-order valence-electron chi connectivity index (χ4n) is 1.95. The van der Waals surface area contributed by atoms with Crippen LogP contribution in [0.25, 0.3) is 0 Å². The number of carbonyl (C=O) groups is 1. The summed E-state index contributed by atoms with van der Waals surface area (Å²) < 4.78 is 10.7. The van der Waals surface area contributed by atoms with Gasteiger partial charge in [0.25, 0.3) is 0 Å². The third kappa shape index (κ3) is 4.10. The van der Waals surface area contributed by atoms with Crippen molar-refractivity contribution < 1.29 is 14.3 Å². The van der Waals surface area contributed by atoms with E-state index in [-0.39, 0.29) is 18.2 Å². The van der Waals surface area contributed by atoms with Crippen LogP contribution in [0, 0.1) is 5.92 Å². The number of nitrogens with two attached hydrogens (primary N) is 1. The maximum Gasteiger partial charge on any atom is 0.335 e. The van der Waals surface area contributed by atoms with Crippen LogP contribution in [0.1, 0.15) is 39.5 Å². The molecule has 3 atom stereocenters. The predicted octanol–water partition coefficient (Wildman–Crippen LogP) is 1.47. The van der Waals surface area contributed by atoms with Crippen molar-refractivity contribution in [2.75, 3.05) is 13.2 Å². The summed E-state index contributed by atoms with van der Waals surface area (Å²) in [6.45, 7) is 5.20. The second-order valence-electron chi connectivity index (χ2n) is 4.58. The fraction of sp³-hybridized carbons (Fsp3) is 0.917. The molecule has 3 unspecified atom stereocenters. The maximum absolute atomic E-state index is 11.6. The van der Waals surface area contributed by atoms with Crippen LogP contribution < -0.4 is 5.73 Å². The molecule has 0 aromatic carbocycles. The maximum atomic E-state index is 11.6. The van der Waals surface area contributed by atoms with Gasteiger partial charge >= 0.3 is 5.97 Å². The number of hydrogen-bond acceptors (Lipinski definition) is 4. The molecule has 2 N–H and O–H groups in total. The number of rotatable bonds is 6. The van der Waals surface area contributed by atoms with E-state index >= 15 is 0 Å². The van der Waals surface area contributed by atoms with E-state index in [0.717, 1.165) is 25.7 Å². The molecule has 0 aliphatic carbocycles. The van der Waals surface area contributed by atoms with Crippen LogP contribution in [0.3, 0.4) is 0 Å². The Morgan fingerprint density at radius 1 is 1.56 bits per heavy atom. The van der Waals surface area contributed by atoms with Gasteiger partial charge in [-0.2, -0.15) is 0 Å². The first-order valence-electron chi connectivity index (χ1n) is 6.19. The highest BCUT2D eigenvalue weighted by Crippen LogP contribution is 2.20. The molecule has 1 heterocycles. The summed E-state index contributed by atoms with van der Waals surface area (Å²) in [5, 5.41) is 0. The third-order valence-electron chi connectivity index (χ3n) is 2.92. The van der Waals surface area contributed by atoms with Gasteiger partial charge in [0.1, 0.15) is 0 Å². The lowest BCUT2D eigenvalue weighted by Gasteiger charge is -2.14. The first-order valence-corrected chi connectivity index (χ1v) is 6.19. The molecule has 1 saturated heterocycles. The molecule has 4 heteroatoms. The van der Waals surface area contributed by atoms with Crippen molar-refractivity contribution in [3.05, 3.63) is 0 Å². The van der Waals surface area contributed by atoms with Crippen LogP contribution >= 0.6 is 0 Å². The minimum atomic E-state index is -0.387. The van der Waals surface area contributed by atoms with Gasteiger partial charge in [-0.15, -0.1) is 0 Å². The molecule has 0 spiro atoms. The second-order valence-corrected chi connectivity index (χ2v) is 4.58. The summed E-state index contributed by atoms with van der Waals surface area (Å²) in [7, 11) is 0. The Labute approximate surface area is 97.5 Å². The second kappa shape index (κ2) is 6.86. The largest absolute Gasteiger partial charge is 0.463 e. The van der Waals surface area contributed by atoms with E-state index < -0.39 is 0 Å². The Morgan fingerprint density at radius 2 is 2.31 bits per heavy atom. The standard InChI is InChI=1S/C12H23NO3/c1-3-4-9(2)8-15-12(14)11-6-5-10(7-13)16-11/h9-11H,3-8,13H2,1-2H3. The molecule has 0 saturated carbocycles. The molecule has 4 nitrogen and oxygen atoms in total. The Morgan fingerprint density at radius 3 is 2.88 bits per heavy atom. The number of esters is 1. The molecule has 1 fully saturated rings. The quantitative estimate of drug-likeness (QED) is 0.701. The first kappa shape index (κ1) is 13.5. The van der Waals surface area contributed by atoms with Crippen LogP contribution in [0.15, 0.2) is 0 Å².